The Labute approximate surface area is 90.5 Å². The van der Waals surface area contributed by atoms with Crippen LogP contribution in [0.4, 0.5) is 0 Å². The Bertz CT molecular complexity index is 301. The predicted molar refractivity (Wildman–Crippen MR) is 62.6 cm³/mol. The molecule has 1 unspecified atom stereocenters. The quantitative estimate of drug-likeness (QED) is 0.754. The Morgan fingerprint density at radius 2 is 1.79 bits per heavy atom. The number of benzene rings is 1. The molecule has 1 N–H and O–H groups in total. The van der Waals surface area contributed by atoms with Crippen LogP contribution in [-0.4, -0.2) is 11.4 Å². The number of hydrogen-bond acceptors (Lipinski definition) is 2. The molecule has 0 amide bonds. The monoisotopic (exact) mass is 210 g/mol. The molecule has 1 aromatic rings. The number of thioether (sulfide) groups is 1. The molecule has 0 aliphatic carbocycles. The fourth-order valence-electron chi connectivity index (χ4n) is 1.36. The first-order valence-corrected chi connectivity index (χ1v) is 6.00. The van der Waals surface area contributed by atoms with Crippen LogP contribution in [0.25, 0.3) is 0 Å². The van der Waals surface area contributed by atoms with Gasteiger partial charge in [0.1, 0.15) is 0 Å². The molecular formula is C12H18OS. The fraction of sp³-hybridized carbons (Fsp3) is 0.500. The molecule has 0 aromatic heterocycles. The van der Waals surface area contributed by atoms with E-state index in [1.54, 1.807) is 11.8 Å². The summed E-state index contributed by atoms with van der Waals surface area (Å²) in [5.41, 5.74) is 0.929. The first kappa shape index (κ1) is 11.6. The van der Waals surface area contributed by atoms with Crippen molar-refractivity contribution in [1.29, 1.82) is 0 Å². The second kappa shape index (κ2) is 4.37. The van der Waals surface area contributed by atoms with Crippen molar-refractivity contribution in [2.45, 2.75) is 31.8 Å². The molecule has 0 aliphatic rings. The molecule has 78 valence electrons. The molecule has 2 heteroatoms. The molecule has 1 rings (SSSR count). The Morgan fingerprint density at radius 1 is 1.21 bits per heavy atom. The van der Waals surface area contributed by atoms with Gasteiger partial charge in [0.05, 0.1) is 6.10 Å². The van der Waals surface area contributed by atoms with Gasteiger partial charge in [-0.2, -0.15) is 0 Å². The molecule has 1 aromatic carbocycles. The highest BCUT2D eigenvalue weighted by Gasteiger charge is 2.25. The van der Waals surface area contributed by atoms with E-state index in [4.69, 9.17) is 0 Å². The van der Waals surface area contributed by atoms with Crippen LogP contribution in [0.2, 0.25) is 0 Å². The summed E-state index contributed by atoms with van der Waals surface area (Å²) in [4.78, 5) is 1.16. The largest absolute Gasteiger partial charge is 0.388 e. The van der Waals surface area contributed by atoms with Crippen molar-refractivity contribution >= 4 is 11.8 Å². The lowest BCUT2D eigenvalue weighted by atomic mass is 9.85. The van der Waals surface area contributed by atoms with Crippen LogP contribution in [0.3, 0.4) is 0 Å². The van der Waals surface area contributed by atoms with Gasteiger partial charge in [-0.15, -0.1) is 11.8 Å². The normalized spacial score (nSPS) is 14.1. The summed E-state index contributed by atoms with van der Waals surface area (Å²) in [6.45, 7) is 6.15. The van der Waals surface area contributed by atoms with Crippen molar-refractivity contribution in [1.82, 2.24) is 0 Å². The molecule has 0 saturated heterocycles. The second-order valence-corrected chi connectivity index (χ2v) is 5.36. The number of rotatable bonds is 2. The van der Waals surface area contributed by atoms with E-state index in [2.05, 4.69) is 26.8 Å². The summed E-state index contributed by atoms with van der Waals surface area (Å²) in [6, 6.07) is 8.03. The third-order valence-electron chi connectivity index (χ3n) is 2.25. The van der Waals surface area contributed by atoms with E-state index in [1.807, 2.05) is 24.5 Å². The number of aliphatic hydroxyl groups is 1. The molecule has 0 saturated carbocycles. The van der Waals surface area contributed by atoms with Gasteiger partial charge in [-0.1, -0.05) is 39.0 Å². The lowest BCUT2D eigenvalue weighted by molar-refractivity contribution is 0.0604. The van der Waals surface area contributed by atoms with Crippen LogP contribution in [0.5, 0.6) is 0 Å². The van der Waals surface area contributed by atoms with Crippen LogP contribution in [-0.2, 0) is 0 Å². The summed E-state index contributed by atoms with van der Waals surface area (Å²) in [5.74, 6) is 0. The lowest BCUT2D eigenvalue weighted by Gasteiger charge is -2.27. The highest BCUT2D eigenvalue weighted by Crippen LogP contribution is 2.36. The van der Waals surface area contributed by atoms with Gasteiger partial charge in [0.15, 0.2) is 0 Å². The molecule has 0 radical (unpaired) electrons. The van der Waals surface area contributed by atoms with Crippen LogP contribution in [0, 0.1) is 5.41 Å². The van der Waals surface area contributed by atoms with Crippen molar-refractivity contribution in [2.24, 2.45) is 5.41 Å². The highest BCUT2D eigenvalue weighted by molar-refractivity contribution is 7.98. The molecule has 1 atom stereocenters. The van der Waals surface area contributed by atoms with E-state index >= 15 is 0 Å². The van der Waals surface area contributed by atoms with Gasteiger partial charge >= 0.3 is 0 Å². The maximum Gasteiger partial charge on any atom is 0.0849 e. The maximum atomic E-state index is 10.2. The number of hydrogen-bond donors (Lipinski definition) is 1. The van der Waals surface area contributed by atoms with E-state index < -0.39 is 6.10 Å². The summed E-state index contributed by atoms with van der Waals surface area (Å²) >= 11 is 1.68. The minimum atomic E-state index is -0.397. The van der Waals surface area contributed by atoms with Gasteiger partial charge in [0.2, 0.25) is 0 Å². The van der Waals surface area contributed by atoms with E-state index in [-0.39, 0.29) is 5.41 Å². The first-order valence-electron chi connectivity index (χ1n) is 4.78. The standard InChI is InChI=1S/C12H18OS/c1-12(2,3)11(13)9-7-5-6-8-10(9)14-4/h5-8,11,13H,1-4H3. The molecule has 0 bridgehead atoms. The minimum absolute atomic E-state index is 0.105. The van der Waals surface area contributed by atoms with Crippen LogP contribution in [0.15, 0.2) is 29.2 Å². The summed E-state index contributed by atoms with van der Waals surface area (Å²) < 4.78 is 0. The van der Waals surface area contributed by atoms with Gasteiger partial charge < -0.3 is 5.11 Å². The second-order valence-electron chi connectivity index (χ2n) is 4.51. The van der Waals surface area contributed by atoms with E-state index in [0.29, 0.717) is 0 Å². The zero-order valence-electron chi connectivity index (χ0n) is 9.24. The van der Waals surface area contributed by atoms with Crippen LogP contribution < -0.4 is 0 Å². The smallest absolute Gasteiger partial charge is 0.0849 e. The van der Waals surface area contributed by atoms with Gasteiger partial charge in [-0.3, -0.25) is 0 Å². The van der Waals surface area contributed by atoms with Crippen molar-refractivity contribution in [3.8, 4) is 0 Å². The Morgan fingerprint density at radius 3 is 2.29 bits per heavy atom. The molecule has 14 heavy (non-hydrogen) atoms. The third kappa shape index (κ3) is 2.52. The zero-order valence-corrected chi connectivity index (χ0v) is 10.1. The SMILES string of the molecule is CSc1ccccc1C(O)C(C)(C)C. The Hall–Kier alpha value is -0.470. The van der Waals surface area contributed by atoms with E-state index in [0.717, 1.165) is 10.5 Å². The predicted octanol–water partition coefficient (Wildman–Crippen LogP) is 3.49. The van der Waals surface area contributed by atoms with Crippen LogP contribution in [0.1, 0.15) is 32.4 Å². The first-order chi connectivity index (χ1) is 6.46. The fourth-order valence-corrected chi connectivity index (χ4v) is 1.99. The molecule has 0 heterocycles. The Kier molecular flexibility index (Phi) is 3.62. The van der Waals surface area contributed by atoms with E-state index in [1.165, 1.54) is 0 Å². The number of aliphatic hydroxyl groups excluding tert-OH is 1. The van der Waals surface area contributed by atoms with Gasteiger partial charge in [-0.05, 0) is 23.3 Å². The molecule has 0 fully saturated rings. The summed E-state index contributed by atoms with van der Waals surface area (Å²) in [6.07, 6.45) is 1.64. The molecule has 1 nitrogen and oxygen atoms in total. The van der Waals surface area contributed by atoms with Crippen molar-refractivity contribution in [2.75, 3.05) is 6.26 Å². The van der Waals surface area contributed by atoms with Gasteiger partial charge in [-0.25, -0.2) is 0 Å². The van der Waals surface area contributed by atoms with Gasteiger partial charge in [0.25, 0.3) is 0 Å². The lowest BCUT2D eigenvalue weighted by Crippen LogP contribution is -2.18. The van der Waals surface area contributed by atoms with E-state index in [9.17, 15) is 5.11 Å². The Balaban J connectivity index is 3.06. The van der Waals surface area contributed by atoms with Gasteiger partial charge in [0, 0.05) is 4.90 Å². The van der Waals surface area contributed by atoms with Crippen molar-refractivity contribution in [3.05, 3.63) is 29.8 Å². The topological polar surface area (TPSA) is 20.2 Å². The third-order valence-corrected chi connectivity index (χ3v) is 3.07. The summed E-state index contributed by atoms with van der Waals surface area (Å²) in [7, 11) is 0. The highest BCUT2D eigenvalue weighted by atomic mass is 32.2. The van der Waals surface area contributed by atoms with Crippen molar-refractivity contribution in [3.63, 3.8) is 0 Å². The molecule has 0 spiro atoms. The van der Waals surface area contributed by atoms with Crippen LogP contribution >= 0.6 is 11.8 Å². The summed E-state index contributed by atoms with van der Waals surface area (Å²) in [5, 5.41) is 10.2. The van der Waals surface area contributed by atoms with Crippen molar-refractivity contribution < 1.29 is 5.11 Å². The molecular weight excluding hydrogens is 192 g/mol. The molecule has 0 aliphatic heterocycles. The average molecular weight is 210 g/mol. The zero-order chi connectivity index (χ0) is 10.8. The maximum absolute atomic E-state index is 10.2. The average Bonchev–Trinajstić information content (AvgIpc) is 2.15. The minimum Gasteiger partial charge on any atom is -0.388 e.